The van der Waals surface area contributed by atoms with Crippen LogP contribution >= 0.6 is 0 Å². The zero-order chi connectivity index (χ0) is 14.4. The predicted octanol–water partition coefficient (Wildman–Crippen LogP) is 2.90. The zero-order valence-electron chi connectivity index (χ0n) is 11.8. The second-order valence-electron chi connectivity index (χ2n) is 5.04. The van der Waals surface area contributed by atoms with Crippen LogP contribution in [0.5, 0.6) is 0 Å². The van der Waals surface area contributed by atoms with Gasteiger partial charge in [0.05, 0.1) is 16.7 Å². The summed E-state index contributed by atoms with van der Waals surface area (Å²) in [5, 5.41) is 16.1. The van der Waals surface area contributed by atoms with Crippen LogP contribution in [0, 0.1) is 6.92 Å². The number of benzene rings is 1. The lowest BCUT2D eigenvalue weighted by Gasteiger charge is -2.04. The molecule has 4 aromatic rings. The van der Waals surface area contributed by atoms with Crippen molar-refractivity contribution in [3.63, 3.8) is 0 Å². The fourth-order valence-corrected chi connectivity index (χ4v) is 2.59. The highest BCUT2D eigenvalue weighted by molar-refractivity contribution is 5.90. The topological polar surface area (TPSA) is 71.4 Å². The second kappa shape index (κ2) is 4.31. The molecule has 2 N–H and O–H groups in total. The van der Waals surface area contributed by atoms with E-state index in [0.717, 1.165) is 39.1 Å². The normalized spacial score (nSPS) is 11.3. The molecule has 21 heavy (non-hydrogen) atoms. The van der Waals surface area contributed by atoms with Gasteiger partial charge in [-0.05, 0) is 37.3 Å². The van der Waals surface area contributed by atoms with Crippen molar-refractivity contribution in [1.29, 1.82) is 0 Å². The number of aromatic nitrogens is 5. The maximum atomic E-state index is 4.43. The molecule has 0 amide bonds. The number of hydrogen-bond acceptors (Lipinski definition) is 4. The average molecular weight is 278 g/mol. The van der Waals surface area contributed by atoms with Gasteiger partial charge >= 0.3 is 0 Å². The highest BCUT2D eigenvalue weighted by Crippen LogP contribution is 2.25. The molecule has 0 saturated heterocycles. The first-order valence-electron chi connectivity index (χ1n) is 6.72. The standard InChI is InChI=1S/C15H14N6/c1-9-11-6-5-10(8-13(11)21(2)20-9)17-15-14-12(18-19-15)4-3-7-16-14/h3-8H,1-2H3,(H2,17,18,19). The van der Waals surface area contributed by atoms with E-state index >= 15 is 0 Å². The Hall–Kier alpha value is -2.89. The smallest absolute Gasteiger partial charge is 0.178 e. The number of nitrogens with one attached hydrogen (secondary N) is 2. The molecule has 6 heteroatoms. The van der Waals surface area contributed by atoms with E-state index in [-0.39, 0.29) is 0 Å². The molecule has 0 atom stereocenters. The van der Waals surface area contributed by atoms with Crippen LogP contribution in [0.3, 0.4) is 0 Å². The van der Waals surface area contributed by atoms with Gasteiger partial charge in [-0.25, -0.2) is 0 Å². The Bertz CT molecular complexity index is 949. The monoisotopic (exact) mass is 278 g/mol. The fourth-order valence-electron chi connectivity index (χ4n) is 2.59. The number of H-pyrrole nitrogens is 1. The van der Waals surface area contributed by atoms with Gasteiger partial charge in [-0.15, -0.1) is 0 Å². The van der Waals surface area contributed by atoms with Gasteiger partial charge in [0, 0.05) is 24.3 Å². The zero-order valence-corrected chi connectivity index (χ0v) is 11.8. The summed E-state index contributed by atoms with van der Waals surface area (Å²) in [4.78, 5) is 4.35. The van der Waals surface area contributed by atoms with Crippen molar-refractivity contribution in [3.05, 3.63) is 42.2 Å². The number of nitrogens with zero attached hydrogens (tertiary/aromatic N) is 4. The maximum absolute atomic E-state index is 4.43. The van der Waals surface area contributed by atoms with Crippen molar-refractivity contribution >= 4 is 33.4 Å². The van der Waals surface area contributed by atoms with E-state index < -0.39 is 0 Å². The van der Waals surface area contributed by atoms with Gasteiger partial charge in [0.15, 0.2) is 5.82 Å². The van der Waals surface area contributed by atoms with Gasteiger partial charge in [-0.1, -0.05) is 0 Å². The first kappa shape index (κ1) is 11.9. The first-order valence-corrected chi connectivity index (χ1v) is 6.72. The van der Waals surface area contributed by atoms with Crippen LogP contribution in [-0.4, -0.2) is 25.0 Å². The number of aromatic amines is 1. The summed E-state index contributed by atoms with van der Waals surface area (Å²) in [6.45, 7) is 2.01. The third-order valence-electron chi connectivity index (χ3n) is 3.62. The average Bonchev–Trinajstić information content (AvgIpc) is 3.02. The number of fused-ring (bicyclic) bond motifs is 2. The van der Waals surface area contributed by atoms with E-state index in [0.29, 0.717) is 0 Å². The molecule has 104 valence electrons. The largest absolute Gasteiger partial charge is 0.337 e. The molecule has 0 aliphatic rings. The molecule has 0 unspecified atom stereocenters. The summed E-state index contributed by atoms with van der Waals surface area (Å²) >= 11 is 0. The Balaban J connectivity index is 1.78. The maximum Gasteiger partial charge on any atom is 0.178 e. The Morgan fingerprint density at radius 2 is 2.14 bits per heavy atom. The van der Waals surface area contributed by atoms with Gasteiger partial charge in [0.1, 0.15) is 5.52 Å². The molecule has 1 aromatic carbocycles. The minimum Gasteiger partial charge on any atom is -0.337 e. The minimum atomic E-state index is 0.726. The van der Waals surface area contributed by atoms with Gasteiger partial charge in [0.2, 0.25) is 0 Å². The lowest BCUT2D eigenvalue weighted by atomic mass is 10.2. The van der Waals surface area contributed by atoms with Crippen LogP contribution in [-0.2, 0) is 7.05 Å². The predicted molar refractivity (Wildman–Crippen MR) is 82.6 cm³/mol. The molecule has 0 aliphatic carbocycles. The third kappa shape index (κ3) is 1.84. The molecule has 0 radical (unpaired) electrons. The van der Waals surface area contributed by atoms with E-state index in [2.05, 4.69) is 37.7 Å². The molecular formula is C15H14N6. The number of rotatable bonds is 2. The summed E-state index contributed by atoms with van der Waals surface area (Å²) in [7, 11) is 1.95. The Labute approximate surface area is 120 Å². The highest BCUT2D eigenvalue weighted by Gasteiger charge is 2.09. The van der Waals surface area contributed by atoms with E-state index in [4.69, 9.17) is 0 Å². The SMILES string of the molecule is Cc1nn(C)c2cc(Nc3n[nH]c4cccnc34)ccc12. The molecule has 3 heterocycles. The van der Waals surface area contributed by atoms with E-state index in [1.807, 2.05) is 36.9 Å². The molecule has 4 rings (SSSR count). The summed E-state index contributed by atoms with van der Waals surface area (Å²) in [5.74, 6) is 0.726. The number of anilines is 2. The van der Waals surface area contributed by atoms with Gasteiger partial charge in [-0.3, -0.25) is 14.8 Å². The lowest BCUT2D eigenvalue weighted by molar-refractivity contribution is 0.783. The van der Waals surface area contributed by atoms with Crippen molar-refractivity contribution in [3.8, 4) is 0 Å². The van der Waals surface area contributed by atoms with Crippen LogP contribution in [0.2, 0.25) is 0 Å². The van der Waals surface area contributed by atoms with Crippen LogP contribution in [0.1, 0.15) is 5.69 Å². The van der Waals surface area contributed by atoms with Crippen molar-refractivity contribution < 1.29 is 0 Å². The summed E-state index contributed by atoms with van der Waals surface area (Å²) in [6.07, 6.45) is 1.76. The molecule has 0 aliphatic heterocycles. The van der Waals surface area contributed by atoms with Crippen LogP contribution in [0.4, 0.5) is 11.5 Å². The quantitative estimate of drug-likeness (QED) is 0.591. The molecule has 6 nitrogen and oxygen atoms in total. The minimum absolute atomic E-state index is 0.726. The van der Waals surface area contributed by atoms with Crippen molar-refractivity contribution in [2.75, 3.05) is 5.32 Å². The summed E-state index contributed by atoms with van der Waals surface area (Å²) in [6, 6.07) is 10.0. The van der Waals surface area contributed by atoms with E-state index in [1.165, 1.54) is 0 Å². The molecule has 0 bridgehead atoms. The lowest BCUT2D eigenvalue weighted by Crippen LogP contribution is -1.93. The van der Waals surface area contributed by atoms with Crippen molar-refractivity contribution in [1.82, 2.24) is 25.0 Å². The second-order valence-corrected chi connectivity index (χ2v) is 5.04. The Kier molecular flexibility index (Phi) is 2.44. The molecule has 0 spiro atoms. The number of hydrogen-bond donors (Lipinski definition) is 2. The van der Waals surface area contributed by atoms with Crippen molar-refractivity contribution in [2.24, 2.45) is 7.05 Å². The van der Waals surface area contributed by atoms with Crippen LogP contribution in [0.15, 0.2) is 36.5 Å². The van der Waals surface area contributed by atoms with Gasteiger partial charge in [0.25, 0.3) is 0 Å². The Morgan fingerprint density at radius 3 is 3.05 bits per heavy atom. The molecule has 0 fully saturated rings. The molecule has 0 saturated carbocycles. The fraction of sp³-hybridized carbons (Fsp3) is 0.133. The van der Waals surface area contributed by atoms with Crippen molar-refractivity contribution in [2.45, 2.75) is 6.92 Å². The highest BCUT2D eigenvalue weighted by atomic mass is 15.3. The van der Waals surface area contributed by atoms with E-state index in [9.17, 15) is 0 Å². The van der Waals surface area contributed by atoms with Crippen LogP contribution < -0.4 is 5.32 Å². The molecule has 3 aromatic heterocycles. The van der Waals surface area contributed by atoms with Crippen LogP contribution in [0.25, 0.3) is 21.9 Å². The number of aryl methyl sites for hydroxylation is 2. The Morgan fingerprint density at radius 1 is 1.24 bits per heavy atom. The third-order valence-corrected chi connectivity index (χ3v) is 3.62. The number of pyridine rings is 1. The summed E-state index contributed by atoms with van der Waals surface area (Å²) in [5.41, 5.74) is 4.83. The van der Waals surface area contributed by atoms with E-state index in [1.54, 1.807) is 6.20 Å². The summed E-state index contributed by atoms with van der Waals surface area (Å²) < 4.78 is 1.89. The van der Waals surface area contributed by atoms with Gasteiger partial charge in [-0.2, -0.15) is 10.2 Å². The van der Waals surface area contributed by atoms with Gasteiger partial charge < -0.3 is 5.32 Å². The first-order chi connectivity index (χ1) is 10.2. The molecular weight excluding hydrogens is 264 g/mol.